The molecule has 1 N–H and O–H groups in total. The Morgan fingerprint density at radius 1 is 1.05 bits per heavy atom. The number of amides is 1. The highest BCUT2D eigenvalue weighted by Gasteiger charge is 2.09. The minimum atomic E-state index is -0.257. The van der Waals surface area contributed by atoms with Crippen LogP contribution >= 0.6 is 0 Å². The first-order valence-corrected chi connectivity index (χ1v) is 6.33. The number of anilines is 1. The Kier molecular flexibility index (Phi) is 3.94. The summed E-state index contributed by atoms with van der Waals surface area (Å²) in [6, 6.07) is 10.4. The van der Waals surface area contributed by atoms with E-state index in [9.17, 15) is 9.59 Å². The monoisotopic (exact) mass is 268 g/mol. The summed E-state index contributed by atoms with van der Waals surface area (Å²) >= 11 is 0. The highest BCUT2D eigenvalue weighted by Crippen LogP contribution is 2.12. The summed E-state index contributed by atoms with van der Waals surface area (Å²) < 4.78 is 0. The Balaban J connectivity index is 2.16. The lowest BCUT2D eigenvalue weighted by molar-refractivity contribution is 0.101. The first-order valence-electron chi connectivity index (χ1n) is 6.33. The van der Waals surface area contributed by atoms with Crippen LogP contribution in [0.5, 0.6) is 0 Å². The molecule has 20 heavy (non-hydrogen) atoms. The topological polar surface area (TPSA) is 59.1 Å². The van der Waals surface area contributed by atoms with E-state index in [0.717, 1.165) is 11.3 Å². The van der Waals surface area contributed by atoms with Gasteiger partial charge in [-0.1, -0.05) is 0 Å². The molecule has 0 unspecified atom stereocenters. The second-order valence-corrected chi connectivity index (χ2v) is 4.76. The summed E-state index contributed by atoms with van der Waals surface area (Å²) in [5.41, 5.74) is 3.45. The van der Waals surface area contributed by atoms with Crippen molar-refractivity contribution in [3.63, 3.8) is 0 Å². The molecule has 0 spiro atoms. The minimum Gasteiger partial charge on any atom is -0.321 e. The summed E-state index contributed by atoms with van der Waals surface area (Å²) in [4.78, 5) is 27.5. The zero-order valence-corrected chi connectivity index (χ0v) is 11.7. The third-order valence-electron chi connectivity index (χ3n) is 2.88. The number of carbonyl (C=O) groups is 2. The number of pyridine rings is 1. The van der Waals surface area contributed by atoms with E-state index in [4.69, 9.17) is 0 Å². The number of ketones is 1. The molecule has 4 nitrogen and oxygen atoms in total. The van der Waals surface area contributed by atoms with E-state index in [1.54, 1.807) is 30.3 Å². The van der Waals surface area contributed by atoms with Gasteiger partial charge in [-0.05, 0) is 62.7 Å². The maximum Gasteiger partial charge on any atom is 0.274 e. The van der Waals surface area contributed by atoms with Gasteiger partial charge in [0.15, 0.2) is 5.78 Å². The summed E-state index contributed by atoms with van der Waals surface area (Å²) in [6.45, 7) is 5.28. The Labute approximate surface area is 117 Å². The fourth-order valence-electron chi connectivity index (χ4n) is 1.94. The van der Waals surface area contributed by atoms with Gasteiger partial charge in [-0.3, -0.25) is 9.59 Å². The second-order valence-electron chi connectivity index (χ2n) is 4.76. The van der Waals surface area contributed by atoms with E-state index >= 15 is 0 Å². The number of nitrogens with one attached hydrogen (secondary N) is 1. The van der Waals surface area contributed by atoms with E-state index < -0.39 is 0 Å². The number of Topliss-reactive ketones (excluding diaryl/α,β-unsaturated/α-hetero) is 1. The van der Waals surface area contributed by atoms with Crippen LogP contribution in [0, 0.1) is 13.8 Å². The average Bonchev–Trinajstić information content (AvgIpc) is 2.38. The molecule has 0 bridgehead atoms. The van der Waals surface area contributed by atoms with E-state index in [1.165, 1.54) is 6.92 Å². The van der Waals surface area contributed by atoms with Crippen molar-refractivity contribution in [2.45, 2.75) is 20.8 Å². The van der Waals surface area contributed by atoms with Crippen molar-refractivity contribution in [2.24, 2.45) is 0 Å². The van der Waals surface area contributed by atoms with E-state index in [0.29, 0.717) is 16.9 Å². The van der Waals surface area contributed by atoms with Crippen LogP contribution < -0.4 is 5.32 Å². The first-order chi connectivity index (χ1) is 9.45. The first kappa shape index (κ1) is 13.9. The summed E-state index contributed by atoms with van der Waals surface area (Å²) in [7, 11) is 0. The number of hydrogen-bond donors (Lipinski definition) is 1. The number of hydrogen-bond acceptors (Lipinski definition) is 3. The van der Waals surface area contributed by atoms with Crippen molar-refractivity contribution >= 4 is 17.4 Å². The number of rotatable bonds is 3. The van der Waals surface area contributed by atoms with Crippen LogP contribution in [-0.2, 0) is 0 Å². The Hall–Kier alpha value is -2.49. The quantitative estimate of drug-likeness (QED) is 0.870. The van der Waals surface area contributed by atoms with Crippen LogP contribution in [0.2, 0.25) is 0 Å². The molecule has 1 aromatic heterocycles. The molecule has 0 atom stereocenters. The highest BCUT2D eigenvalue weighted by molar-refractivity contribution is 6.03. The van der Waals surface area contributed by atoms with E-state index in [2.05, 4.69) is 10.3 Å². The van der Waals surface area contributed by atoms with Gasteiger partial charge >= 0.3 is 0 Å². The van der Waals surface area contributed by atoms with Crippen molar-refractivity contribution in [1.29, 1.82) is 0 Å². The zero-order chi connectivity index (χ0) is 14.7. The predicted octanol–water partition coefficient (Wildman–Crippen LogP) is 3.15. The molecule has 1 heterocycles. The fraction of sp³-hybridized carbons (Fsp3) is 0.188. The summed E-state index contributed by atoms with van der Waals surface area (Å²) in [6.07, 6.45) is 0. The van der Waals surface area contributed by atoms with Gasteiger partial charge in [0.05, 0.1) is 0 Å². The second kappa shape index (κ2) is 5.65. The normalized spacial score (nSPS) is 10.2. The van der Waals surface area contributed by atoms with Crippen molar-refractivity contribution in [1.82, 2.24) is 4.98 Å². The van der Waals surface area contributed by atoms with Gasteiger partial charge in [-0.2, -0.15) is 0 Å². The van der Waals surface area contributed by atoms with Crippen LogP contribution in [0.15, 0.2) is 36.4 Å². The van der Waals surface area contributed by atoms with Crippen LogP contribution in [-0.4, -0.2) is 16.7 Å². The van der Waals surface area contributed by atoms with Crippen LogP contribution in [0.25, 0.3) is 0 Å². The zero-order valence-electron chi connectivity index (χ0n) is 11.7. The highest BCUT2D eigenvalue weighted by atomic mass is 16.2. The van der Waals surface area contributed by atoms with Gasteiger partial charge < -0.3 is 5.32 Å². The van der Waals surface area contributed by atoms with Crippen molar-refractivity contribution in [3.05, 3.63) is 58.9 Å². The molecule has 0 saturated carbocycles. The van der Waals surface area contributed by atoms with Crippen LogP contribution in [0.3, 0.4) is 0 Å². The number of benzene rings is 1. The number of nitrogens with zero attached hydrogens (tertiary/aromatic N) is 1. The number of carbonyl (C=O) groups excluding carboxylic acids is 2. The van der Waals surface area contributed by atoms with E-state index in [1.807, 2.05) is 19.9 Å². The van der Waals surface area contributed by atoms with Gasteiger partial charge in [0.25, 0.3) is 5.91 Å². The molecular formula is C16H16N2O2. The molecule has 0 fully saturated rings. The largest absolute Gasteiger partial charge is 0.321 e. The number of aromatic nitrogens is 1. The lowest BCUT2D eigenvalue weighted by Crippen LogP contribution is -2.14. The Morgan fingerprint density at radius 2 is 1.70 bits per heavy atom. The van der Waals surface area contributed by atoms with Crippen LogP contribution in [0.1, 0.15) is 39.0 Å². The third-order valence-corrected chi connectivity index (χ3v) is 2.88. The third kappa shape index (κ3) is 3.29. The standard InChI is InChI=1S/C16H16N2O2/c1-10-8-11(2)17-15(9-10)16(20)18-14-6-4-13(5-7-14)12(3)19/h4-9H,1-3H3,(H,18,20). The fourth-order valence-corrected chi connectivity index (χ4v) is 1.94. The van der Waals surface area contributed by atoms with Gasteiger partial charge in [0.2, 0.25) is 0 Å². The Morgan fingerprint density at radius 3 is 2.25 bits per heavy atom. The molecule has 0 radical (unpaired) electrons. The molecule has 102 valence electrons. The number of aryl methyl sites for hydroxylation is 2. The van der Waals surface area contributed by atoms with Crippen molar-refractivity contribution < 1.29 is 9.59 Å². The Bertz CT molecular complexity index is 640. The van der Waals surface area contributed by atoms with Crippen molar-refractivity contribution in [3.8, 4) is 0 Å². The molecule has 0 saturated heterocycles. The van der Waals surface area contributed by atoms with Crippen molar-refractivity contribution in [2.75, 3.05) is 5.32 Å². The molecule has 2 aromatic rings. The molecule has 0 aliphatic heterocycles. The average molecular weight is 268 g/mol. The summed E-state index contributed by atoms with van der Waals surface area (Å²) in [5, 5.41) is 2.77. The smallest absolute Gasteiger partial charge is 0.274 e. The lowest BCUT2D eigenvalue weighted by atomic mass is 10.1. The molecule has 1 amide bonds. The molecule has 0 aliphatic rings. The lowest BCUT2D eigenvalue weighted by Gasteiger charge is -2.07. The molecule has 1 aromatic carbocycles. The van der Waals surface area contributed by atoms with Gasteiger partial charge in [0.1, 0.15) is 5.69 Å². The predicted molar refractivity (Wildman–Crippen MR) is 78.1 cm³/mol. The van der Waals surface area contributed by atoms with Crippen LogP contribution in [0.4, 0.5) is 5.69 Å². The van der Waals surface area contributed by atoms with Gasteiger partial charge in [0, 0.05) is 16.9 Å². The molecule has 0 aliphatic carbocycles. The van der Waals surface area contributed by atoms with Gasteiger partial charge in [-0.25, -0.2) is 4.98 Å². The molecule has 4 heteroatoms. The maximum atomic E-state index is 12.1. The summed E-state index contributed by atoms with van der Waals surface area (Å²) in [5.74, 6) is -0.258. The SMILES string of the molecule is CC(=O)c1ccc(NC(=O)c2cc(C)cc(C)n2)cc1. The minimum absolute atomic E-state index is 0.00106. The molecule has 2 rings (SSSR count). The molecular weight excluding hydrogens is 252 g/mol. The van der Waals surface area contributed by atoms with E-state index in [-0.39, 0.29) is 11.7 Å². The maximum absolute atomic E-state index is 12.1. The van der Waals surface area contributed by atoms with Gasteiger partial charge in [-0.15, -0.1) is 0 Å².